The van der Waals surface area contributed by atoms with E-state index in [0.29, 0.717) is 23.0 Å². The molecule has 0 saturated carbocycles. The Morgan fingerprint density at radius 2 is 1.97 bits per heavy atom. The van der Waals surface area contributed by atoms with Crippen molar-refractivity contribution in [2.45, 2.75) is 37.9 Å². The number of hydrogen-bond donors (Lipinski definition) is 2. The van der Waals surface area contributed by atoms with E-state index in [0.717, 1.165) is 12.0 Å². The van der Waals surface area contributed by atoms with Crippen molar-refractivity contribution in [1.29, 1.82) is 0 Å². The average Bonchev–Trinajstić information content (AvgIpc) is 2.78. The van der Waals surface area contributed by atoms with Gasteiger partial charge in [-0.15, -0.1) is 0 Å². The van der Waals surface area contributed by atoms with Crippen LogP contribution in [0.3, 0.4) is 0 Å². The fraction of sp³-hybridized carbons (Fsp3) is 0.273. The van der Waals surface area contributed by atoms with Crippen molar-refractivity contribution < 1.29 is 4.79 Å². The van der Waals surface area contributed by atoms with Crippen molar-refractivity contribution >= 4 is 40.8 Å². The van der Waals surface area contributed by atoms with Crippen LogP contribution < -0.4 is 21.9 Å². The number of aromatic nitrogens is 3. The SMILES string of the molecule is CCCCn1c(N)c(N(Cc2ccccc2)C(=O)CSc2ncccc2Cl)c(=O)[nH]c1=O. The largest absolute Gasteiger partial charge is 0.383 e. The third-order valence-corrected chi connectivity index (χ3v) is 6.17. The van der Waals surface area contributed by atoms with E-state index >= 15 is 0 Å². The Hall–Kier alpha value is -3.04. The molecule has 168 valence electrons. The number of nitrogen functional groups attached to an aromatic ring is 1. The van der Waals surface area contributed by atoms with Gasteiger partial charge in [0.15, 0.2) is 5.69 Å². The zero-order valence-electron chi connectivity index (χ0n) is 17.6. The molecule has 32 heavy (non-hydrogen) atoms. The molecule has 8 nitrogen and oxygen atoms in total. The second-order valence-corrected chi connectivity index (χ2v) is 8.41. The van der Waals surface area contributed by atoms with Gasteiger partial charge in [-0.25, -0.2) is 9.78 Å². The monoisotopic (exact) mass is 473 g/mol. The van der Waals surface area contributed by atoms with Crippen LogP contribution in [0.5, 0.6) is 0 Å². The number of hydrogen-bond acceptors (Lipinski definition) is 6. The predicted octanol–water partition coefficient (Wildman–Crippen LogP) is 3.29. The van der Waals surface area contributed by atoms with Gasteiger partial charge >= 0.3 is 5.69 Å². The molecule has 0 spiro atoms. The van der Waals surface area contributed by atoms with Crippen LogP contribution in [-0.2, 0) is 17.9 Å². The van der Waals surface area contributed by atoms with Crippen molar-refractivity contribution in [3.8, 4) is 0 Å². The third-order valence-electron chi connectivity index (χ3n) is 4.76. The first-order valence-electron chi connectivity index (χ1n) is 10.1. The van der Waals surface area contributed by atoms with Crippen LogP contribution in [0, 0.1) is 0 Å². The number of benzene rings is 1. The molecule has 1 amide bonds. The lowest BCUT2D eigenvalue weighted by Gasteiger charge is -2.24. The van der Waals surface area contributed by atoms with Crippen LogP contribution in [0.25, 0.3) is 0 Å². The van der Waals surface area contributed by atoms with Gasteiger partial charge in [0, 0.05) is 12.7 Å². The molecule has 0 unspecified atom stereocenters. The molecule has 2 heterocycles. The smallest absolute Gasteiger partial charge is 0.330 e. The van der Waals surface area contributed by atoms with Crippen LogP contribution in [-0.4, -0.2) is 26.2 Å². The van der Waals surface area contributed by atoms with E-state index in [4.69, 9.17) is 17.3 Å². The number of halogens is 1. The van der Waals surface area contributed by atoms with Gasteiger partial charge in [-0.2, -0.15) is 0 Å². The van der Waals surface area contributed by atoms with E-state index in [1.54, 1.807) is 18.3 Å². The summed E-state index contributed by atoms with van der Waals surface area (Å²) in [6.07, 6.45) is 3.14. The van der Waals surface area contributed by atoms with Crippen LogP contribution in [0.2, 0.25) is 5.02 Å². The van der Waals surface area contributed by atoms with Gasteiger partial charge in [-0.1, -0.05) is 67.0 Å². The molecule has 0 aliphatic rings. The van der Waals surface area contributed by atoms with E-state index in [2.05, 4.69) is 9.97 Å². The molecule has 3 aromatic rings. The molecule has 0 saturated heterocycles. The first-order chi connectivity index (χ1) is 15.4. The first kappa shape index (κ1) is 23.6. The summed E-state index contributed by atoms with van der Waals surface area (Å²) in [5, 5.41) is 0.947. The number of anilines is 2. The lowest BCUT2D eigenvalue weighted by atomic mass is 10.2. The minimum atomic E-state index is -0.703. The standard InChI is InChI=1S/C22H24ClN5O3S/c1-2-3-12-27-19(24)18(20(30)26-22(27)31)28(13-15-8-5-4-6-9-15)17(29)14-32-21-16(23)10-7-11-25-21/h4-11H,2-3,12-14,24H2,1H3,(H,26,30,31). The van der Waals surface area contributed by atoms with Gasteiger partial charge in [0.05, 0.1) is 17.3 Å². The Balaban J connectivity index is 1.99. The topological polar surface area (TPSA) is 114 Å². The molecular weight excluding hydrogens is 450 g/mol. The highest BCUT2D eigenvalue weighted by Crippen LogP contribution is 2.26. The number of H-pyrrole nitrogens is 1. The number of nitrogens with zero attached hydrogens (tertiary/aromatic N) is 3. The predicted molar refractivity (Wildman–Crippen MR) is 128 cm³/mol. The molecule has 1 aromatic carbocycles. The van der Waals surface area contributed by atoms with E-state index in [-0.39, 0.29) is 29.7 Å². The highest BCUT2D eigenvalue weighted by atomic mass is 35.5. The highest BCUT2D eigenvalue weighted by molar-refractivity contribution is 8.00. The van der Waals surface area contributed by atoms with Gasteiger partial charge in [-0.05, 0) is 24.1 Å². The Morgan fingerprint density at radius 1 is 1.22 bits per heavy atom. The zero-order valence-corrected chi connectivity index (χ0v) is 19.2. The van der Waals surface area contributed by atoms with Crippen LogP contribution in [0.1, 0.15) is 25.3 Å². The number of nitrogens with two attached hydrogens (primary N) is 1. The second-order valence-electron chi connectivity index (χ2n) is 7.04. The summed E-state index contributed by atoms with van der Waals surface area (Å²) in [5.41, 5.74) is 5.74. The molecule has 0 radical (unpaired) electrons. The summed E-state index contributed by atoms with van der Waals surface area (Å²) >= 11 is 7.32. The normalized spacial score (nSPS) is 10.8. The fourth-order valence-corrected chi connectivity index (χ4v) is 4.16. The van der Waals surface area contributed by atoms with E-state index in [1.807, 2.05) is 37.3 Å². The number of thioether (sulfide) groups is 1. The van der Waals surface area contributed by atoms with Crippen molar-refractivity contribution in [3.05, 3.63) is 80.1 Å². The molecular formula is C22H24ClN5O3S. The van der Waals surface area contributed by atoms with Crippen molar-refractivity contribution in [3.63, 3.8) is 0 Å². The Kier molecular flexibility index (Phi) is 8.13. The van der Waals surface area contributed by atoms with Crippen molar-refractivity contribution in [1.82, 2.24) is 14.5 Å². The molecule has 0 bridgehead atoms. The van der Waals surface area contributed by atoms with Crippen LogP contribution in [0.15, 0.2) is 63.3 Å². The zero-order chi connectivity index (χ0) is 23.1. The highest BCUT2D eigenvalue weighted by Gasteiger charge is 2.25. The minimum Gasteiger partial charge on any atom is -0.383 e. The number of unbranched alkanes of at least 4 members (excludes halogenated alkanes) is 1. The summed E-state index contributed by atoms with van der Waals surface area (Å²) in [7, 11) is 0. The molecule has 0 fully saturated rings. The van der Waals surface area contributed by atoms with E-state index < -0.39 is 11.2 Å². The summed E-state index contributed by atoms with van der Waals surface area (Å²) < 4.78 is 1.30. The number of carbonyl (C=O) groups excluding carboxylic acids is 1. The second kappa shape index (κ2) is 11.0. The summed E-state index contributed by atoms with van der Waals surface area (Å²) in [6, 6.07) is 12.6. The van der Waals surface area contributed by atoms with Gasteiger partial charge in [-0.3, -0.25) is 24.0 Å². The molecule has 0 aliphatic heterocycles. The van der Waals surface area contributed by atoms with Gasteiger partial charge < -0.3 is 5.73 Å². The van der Waals surface area contributed by atoms with Crippen molar-refractivity contribution in [2.75, 3.05) is 16.4 Å². The minimum absolute atomic E-state index is 0.0173. The quantitative estimate of drug-likeness (QED) is 0.461. The number of rotatable bonds is 9. The summed E-state index contributed by atoms with van der Waals surface area (Å²) in [6.45, 7) is 2.45. The maximum absolute atomic E-state index is 13.3. The number of aromatic amines is 1. The average molecular weight is 474 g/mol. The van der Waals surface area contributed by atoms with E-state index in [1.165, 1.54) is 21.2 Å². The van der Waals surface area contributed by atoms with Gasteiger partial charge in [0.1, 0.15) is 10.8 Å². The maximum atomic E-state index is 13.3. The molecule has 0 aliphatic carbocycles. The third kappa shape index (κ3) is 5.60. The number of nitrogens with one attached hydrogen (secondary N) is 1. The number of pyridine rings is 1. The fourth-order valence-electron chi connectivity index (χ4n) is 3.12. The Labute approximate surface area is 194 Å². The molecule has 10 heteroatoms. The van der Waals surface area contributed by atoms with Crippen LogP contribution in [0.4, 0.5) is 11.5 Å². The molecule has 2 aromatic heterocycles. The van der Waals surface area contributed by atoms with Crippen LogP contribution >= 0.6 is 23.4 Å². The number of carbonyl (C=O) groups is 1. The lowest BCUT2D eigenvalue weighted by molar-refractivity contribution is -0.116. The number of amides is 1. The lowest BCUT2D eigenvalue weighted by Crippen LogP contribution is -2.41. The summed E-state index contributed by atoms with van der Waals surface area (Å²) in [5.74, 6) is -0.410. The molecule has 0 atom stereocenters. The molecule has 3 rings (SSSR count). The Bertz CT molecular complexity index is 1200. The molecule has 3 N–H and O–H groups in total. The maximum Gasteiger partial charge on any atom is 0.330 e. The van der Waals surface area contributed by atoms with E-state index in [9.17, 15) is 14.4 Å². The summed E-state index contributed by atoms with van der Waals surface area (Å²) in [4.78, 5) is 46.2. The first-order valence-corrected chi connectivity index (χ1v) is 11.5. The van der Waals surface area contributed by atoms with Gasteiger partial charge in [0.25, 0.3) is 5.56 Å². The Morgan fingerprint density at radius 3 is 2.66 bits per heavy atom. The van der Waals surface area contributed by atoms with Crippen molar-refractivity contribution in [2.24, 2.45) is 0 Å². The van der Waals surface area contributed by atoms with Gasteiger partial charge in [0.2, 0.25) is 5.91 Å².